The quantitative estimate of drug-likeness (QED) is 0.243. The molecule has 0 rings (SSSR count). The van der Waals surface area contributed by atoms with Gasteiger partial charge >= 0.3 is 23.9 Å². The van der Waals surface area contributed by atoms with E-state index in [1.54, 1.807) is 0 Å². The van der Waals surface area contributed by atoms with Gasteiger partial charge in [0.15, 0.2) is 0 Å². The van der Waals surface area contributed by atoms with Crippen LogP contribution >= 0.6 is 0 Å². The monoisotopic (exact) mass is 356 g/mol. The molecule has 0 bridgehead atoms. The Kier molecular flexibility index (Phi) is 40.2. The summed E-state index contributed by atoms with van der Waals surface area (Å²) in [6, 6.07) is 0. The number of rotatable bonds is 4. The van der Waals surface area contributed by atoms with Crippen LogP contribution in [-0.2, 0) is 36.5 Å². The molecule has 0 aromatic carbocycles. The second-order valence-corrected chi connectivity index (χ2v) is 2.21. The molecular formula is C8H16CrO12. The standard InChI is InChI=1S/4C2H4O3.Cr/c4*3-1-2(4)5;/h4*3H,1H2,(H,4,5);. The topological polar surface area (TPSA) is 230 Å². The van der Waals surface area contributed by atoms with Crippen LogP contribution in [0.1, 0.15) is 0 Å². The van der Waals surface area contributed by atoms with Gasteiger partial charge in [-0.1, -0.05) is 0 Å². The number of aliphatic carboxylic acids is 4. The molecule has 0 atom stereocenters. The van der Waals surface area contributed by atoms with Gasteiger partial charge in [-0.25, -0.2) is 19.2 Å². The predicted molar refractivity (Wildman–Crippen MR) is 58.9 cm³/mol. The molecule has 0 saturated carbocycles. The zero-order valence-electron chi connectivity index (χ0n) is 10.4. The van der Waals surface area contributed by atoms with Crippen molar-refractivity contribution >= 4 is 23.9 Å². The van der Waals surface area contributed by atoms with Crippen molar-refractivity contribution in [1.82, 2.24) is 0 Å². The van der Waals surface area contributed by atoms with Gasteiger partial charge in [0.05, 0.1) is 0 Å². The minimum atomic E-state index is -1.19. The summed E-state index contributed by atoms with van der Waals surface area (Å²) in [5.41, 5.74) is 0. The maximum atomic E-state index is 9.12. The van der Waals surface area contributed by atoms with Gasteiger partial charge in [-0.3, -0.25) is 0 Å². The first-order chi connectivity index (χ1) is 9.08. The van der Waals surface area contributed by atoms with Gasteiger partial charge in [0, 0.05) is 17.4 Å². The van der Waals surface area contributed by atoms with Crippen molar-refractivity contribution in [2.45, 2.75) is 0 Å². The number of aliphatic hydroxyl groups is 4. The SMILES string of the molecule is O=C(O)CO.O=C(O)CO.O=C(O)CO.O=C(O)CO.[Cr]. The molecule has 0 spiro atoms. The van der Waals surface area contributed by atoms with Crippen molar-refractivity contribution < 1.29 is 77.4 Å². The fourth-order valence-electron chi connectivity index (χ4n) is 0. The minimum Gasteiger partial charge on any atom is -0.480 e. The Labute approximate surface area is 128 Å². The van der Waals surface area contributed by atoms with Crippen molar-refractivity contribution in [3.05, 3.63) is 0 Å². The van der Waals surface area contributed by atoms with Gasteiger partial charge in [0.25, 0.3) is 0 Å². The third-order valence-corrected chi connectivity index (χ3v) is 0.541. The van der Waals surface area contributed by atoms with Gasteiger partial charge < -0.3 is 40.9 Å². The van der Waals surface area contributed by atoms with Crippen LogP contribution in [0.25, 0.3) is 0 Å². The zero-order chi connectivity index (χ0) is 17.1. The Hall–Kier alpha value is -1.75. The molecule has 126 valence electrons. The minimum absolute atomic E-state index is 0. The molecule has 0 radical (unpaired) electrons. The zero-order valence-corrected chi connectivity index (χ0v) is 11.7. The summed E-state index contributed by atoms with van der Waals surface area (Å²) in [4.78, 5) is 36.5. The Morgan fingerprint density at radius 2 is 0.524 bits per heavy atom. The van der Waals surface area contributed by atoms with Crippen LogP contribution < -0.4 is 0 Å². The van der Waals surface area contributed by atoms with Crippen molar-refractivity contribution in [3.63, 3.8) is 0 Å². The molecule has 12 nitrogen and oxygen atoms in total. The van der Waals surface area contributed by atoms with Crippen LogP contribution in [0.2, 0.25) is 0 Å². The van der Waals surface area contributed by atoms with Crippen LogP contribution in [0.4, 0.5) is 0 Å². The summed E-state index contributed by atoms with van der Waals surface area (Å²) in [5.74, 6) is -4.76. The molecule has 0 aliphatic carbocycles. The first kappa shape index (κ1) is 31.6. The van der Waals surface area contributed by atoms with Gasteiger partial charge in [-0.05, 0) is 0 Å². The van der Waals surface area contributed by atoms with Crippen LogP contribution in [0.5, 0.6) is 0 Å². The maximum Gasteiger partial charge on any atom is 0.329 e. The fraction of sp³-hybridized carbons (Fsp3) is 0.500. The van der Waals surface area contributed by atoms with Crippen LogP contribution in [0.3, 0.4) is 0 Å². The first-order valence-corrected chi connectivity index (χ1v) is 4.39. The van der Waals surface area contributed by atoms with E-state index < -0.39 is 50.3 Å². The normalized spacial score (nSPS) is 7.05. The summed E-state index contributed by atoms with van der Waals surface area (Å²) in [6.45, 7) is -3.11. The van der Waals surface area contributed by atoms with E-state index in [-0.39, 0.29) is 17.4 Å². The molecule has 21 heavy (non-hydrogen) atoms. The van der Waals surface area contributed by atoms with E-state index in [1.807, 2.05) is 0 Å². The van der Waals surface area contributed by atoms with Crippen LogP contribution in [-0.4, -0.2) is 91.2 Å². The van der Waals surface area contributed by atoms with Crippen LogP contribution in [0.15, 0.2) is 0 Å². The van der Waals surface area contributed by atoms with Crippen molar-refractivity contribution in [2.75, 3.05) is 26.4 Å². The van der Waals surface area contributed by atoms with Crippen molar-refractivity contribution in [1.29, 1.82) is 0 Å². The first-order valence-electron chi connectivity index (χ1n) is 4.39. The smallest absolute Gasteiger partial charge is 0.329 e. The number of aliphatic hydroxyl groups excluding tert-OH is 4. The van der Waals surface area contributed by atoms with Gasteiger partial charge in [0.1, 0.15) is 26.4 Å². The van der Waals surface area contributed by atoms with E-state index in [0.29, 0.717) is 0 Å². The second-order valence-electron chi connectivity index (χ2n) is 2.21. The van der Waals surface area contributed by atoms with Gasteiger partial charge in [-0.15, -0.1) is 0 Å². The molecule has 0 fully saturated rings. The fourth-order valence-corrected chi connectivity index (χ4v) is 0. The van der Waals surface area contributed by atoms with E-state index in [4.69, 9.17) is 60.0 Å². The van der Waals surface area contributed by atoms with Gasteiger partial charge in [0.2, 0.25) is 0 Å². The molecule has 0 aliphatic heterocycles. The Morgan fingerprint density at radius 3 is 0.524 bits per heavy atom. The number of carboxylic acid groups (broad SMARTS) is 4. The molecule has 0 aromatic rings. The third kappa shape index (κ3) is 123. The molecule has 0 unspecified atom stereocenters. The second kappa shape index (κ2) is 26.7. The third-order valence-electron chi connectivity index (χ3n) is 0.541. The molecule has 0 heterocycles. The summed E-state index contributed by atoms with van der Waals surface area (Å²) in [6.07, 6.45) is 0. The van der Waals surface area contributed by atoms with Crippen molar-refractivity contribution in [2.24, 2.45) is 0 Å². The van der Waals surface area contributed by atoms with Crippen molar-refractivity contribution in [3.8, 4) is 0 Å². The van der Waals surface area contributed by atoms with E-state index >= 15 is 0 Å². The summed E-state index contributed by atoms with van der Waals surface area (Å²) < 4.78 is 0. The summed E-state index contributed by atoms with van der Waals surface area (Å²) in [7, 11) is 0. The van der Waals surface area contributed by atoms with E-state index in [2.05, 4.69) is 0 Å². The summed E-state index contributed by atoms with van der Waals surface area (Å²) in [5, 5.41) is 60.1. The van der Waals surface area contributed by atoms with Gasteiger partial charge in [-0.2, -0.15) is 0 Å². The Balaban J connectivity index is -0.0000000533. The number of hydrogen-bond acceptors (Lipinski definition) is 8. The molecule has 0 aliphatic rings. The average molecular weight is 356 g/mol. The molecule has 0 aromatic heterocycles. The van der Waals surface area contributed by atoms with E-state index in [0.717, 1.165) is 0 Å². The van der Waals surface area contributed by atoms with E-state index in [1.165, 1.54) is 0 Å². The molecule has 13 heteroatoms. The predicted octanol–water partition coefficient (Wildman–Crippen LogP) is -3.75. The van der Waals surface area contributed by atoms with E-state index in [9.17, 15) is 0 Å². The largest absolute Gasteiger partial charge is 0.480 e. The molecule has 8 N–H and O–H groups in total. The average Bonchev–Trinajstić information content (AvgIpc) is 2.40. The Bertz CT molecular complexity index is 222. The molecular weight excluding hydrogens is 340 g/mol. The number of carbonyl (C=O) groups is 4. The summed E-state index contributed by atoms with van der Waals surface area (Å²) >= 11 is 0. The maximum absolute atomic E-state index is 9.12. The number of carboxylic acids is 4. The number of hydrogen-bond donors (Lipinski definition) is 8. The van der Waals surface area contributed by atoms with Crippen LogP contribution in [0, 0.1) is 0 Å². The molecule has 0 amide bonds. The molecule has 0 saturated heterocycles. The Morgan fingerprint density at radius 1 is 0.476 bits per heavy atom.